The first-order valence-electron chi connectivity index (χ1n) is 3.06. The van der Waals surface area contributed by atoms with Gasteiger partial charge in [0.05, 0.1) is 13.0 Å². The molecule has 0 saturated carbocycles. The fraction of sp³-hybridized carbons (Fsp3) is 0.667. The van der Waals surface area contributed by atoms with Crippen LogP contribution in [0.2, 0.25) is 0 Å². The molecule has 3 nitrogen and oxygen atoms in total. The molecule has 1 saturated heterocycles. The van der Waals surface area contributed by atoms with Crippen LogP contribution < -0.4 is 0 Å². The van der Waals surface area contributed by atoms with Gasteiger partial charge in [-0.15, -0.1) is 0 Å². The van der Waals surface area contributed by atoms with Gasteiger partial charge in [-0.05, 0) is 0 Å². The second-order valence-corrected chi connectivity index (χ2v) is 2.23. The van der Waals surface area contributed by atoms with Crippen molar-refractivity contribution in [1.82, 2.24) is 0 Å². The van der Waals surface area contributed by atoms with Crippen molar-refractivity contribution in [2.75, 3.05) is 6.61 Å². The molecule has 0 radical (unpaired) electrons. The number of carbonyl (C=O) groups is 2. The van der Waals surface area contributed by atoms with Crippen LogP contribution in [0, 0.1) is 0 Å². The normalized spacial score (nSPS) is 21.9. The van der Waals surface area contributed by atoms with Crippen LogP contribution in [0.4, 0.5) is 8.78 Å². The third-order valence-corrected chi connectivity index (χ3v) is 1.28. The lowest BCUT2D eigenvalue weighted by Gasteiger charge is -1.94. The predicted molar refractivity (Wildman–Crippen MR) is 30.4 cm³/mol. The van der Waals surface area contributed by atoms with Gasteiger partial charge in [-0.3, -0.25) is 9.59 Å². The van der Waals surface area contributed by atoms with E-state index in [0.717, 1.165) is 0 Å². The number of ether oxygens (including phenoxy) is 1. The first-order chi connectivity index (χ1) is 5.11. The molecule has 5 heteroatoms. The van der Waals surface area contributed by atoms with E-state index < -0.39 is 30.5 Å². The van der Waals surface area contributed by atoms with Crippen LogP contribution in [0.5, 0.6) is 0 Å². The first-order valence-corrected chi connectivity index (χ1v) is 3.06. The average Bonchev–Trinajstić information content (AvgIpc) is 2.67. The van der Waals surface area contributed by atoms with Crippen LogP contribution >= 0.6 is 0 Å². The summed E-state index contributed by atoms with van der Waals surface area (Å²) in [6, 6.07) is 0. The first kappa shape index (κ1) is 8.26. The maximum Gasteiger partial charge on any atom is 0.296 e. The molecule has 0 bridgehead atoms. The maximum atomic E-state index is 11.5. The molecule has 1 heterocycles. The minimum absolute atomic E-state index is 0.259. The molecule has 1 fully saturated rings. The van der Waals surface area contributed by atoms with Gasteiger partial charge in [0.25, 0.3) is 6.43 Å². The zero-order valence-electron chi connectivity index (χ0n) is 5.55. The lowest BCUT2D eigenvalue weighted by molar-refractivity contribution is -0.134. The zero-order chi connectivity index (χ0) is 8.43. The van der Waals surface area contributed by atoms with Gasteiger partial charge in [0.15, 0.2) is 5.78 Å². The number of rotatable bonds is 4. The van der Waals surface area contributed by atoms with E-state index in [4.69, 9.17) is 0 Å². The quantitative estimate of drug-likeness (QED) is 0.439. The van der Waals surface area contributed by atoms with E-state index in [-0.39, 0.29) is 6.61 Å². The number of ketones is 2. The molecular formula is C6H6F2O3. The van der Waals surface area contributed by atoms with Gasteiger partial charge in [0, 0.05) is 0 Å². The lowest BCUT2D eigenvalue weighted by atomic mass is 10.2. The second kappa shape index (κ2) is 3.04. The minimum Gasteiger partial charge on any atom is -0.365 e. The Morgan fingerprint density at radius 2 is 2.09 bits per heavy atom. The van der Waals surface area contributed by atoms with E-state index >= 15 is 0 Å². The number of hydrogen-bond donors (Lipinski definition) is 0. The van der Waals surface area contributed by atoms with Gasteiger partial charge < -0.3 is 4.74 Å². The van der Waals surface area contributed by atoms with Crippen molar-refractivity contribution in [1.29, 1.82) is 0 Å². The molecular weight excluding hydrogens is 158 g/mol. The summed E-state index contributed by atoms with van der Waals surface area (Å²) in [6.45, 7) is 0.259. The van der Waals surface area contributed by atoms with Crippen molar-refractivity contribution in [2.24, 2.45) is 0 Å². The van der Waals surface area contributed by atoms with Crippen molar-refractivity contribution in [3.8, 4) is 0 Å². The minimum atomic E-state index is -3.04. The SMILES string of the molecule is O=C(CC(=O)C1CO1)C(F)F. The van der Waals surface area contributed by atoms with Gasteiger partial charge in [-0.25, -0.2) is 8.78 Å². The van der Waals surface area contributed by atoms with Gasteiger partial charge >= 0.3 is 0 Å². The average molecular weight is 164 g/mol. The lowest BCUT2D eigenvalue weighted by Crippen LogP contribution is -2.18. The summed E-state index contributed by atoms with van der Waals surface area (Å²) in [7, 11) is 0. The van der Waals surface area contributed by atoms with Crippen molar-refractivity contribution >= 4 is 11.6 Å². The van der Waals surface area contributed by atoms with E-state index in [1.807, 2.05) is 0 Å². The molecule has 1 atom stereocenters. The Bertz CT molecular complexity index is 174. The van der Waals surface area contributed by atoms with Crippen LogP contribution in [0.3, 0.4) is 0 Å². The van der Waals surface area contributed by atoms with Crippen LogP contribution in [-0.2, 0) is 14.3 Å². The van der Waals surface area contributed by atoms with E-state index in [0.29, 0.717) is 0 Å². The van der Waals surface area contributed by atoms with E-state index in [2.05, 4.69) is 4.74 Å². The molecule has 1 aliphatic rings. The topological polar surface area (TPSA) is 46.7 Å². The highest BCUT2D eigenvalue weighted by atomic mass is 19.3. The van der Waals surface area contributed by atoms with Crippen molar-refractivity contribution in [3.05, 3.63) is 0 Å². The molecule has 11 heavy (non-hydrogen) atoms. The van der Waals surface area contributed by atoms with Crippen LogP contribution in [0.1, 0.15) is 6.42 Å². The molecule has 0 aromatic rings. The molecule has 0 aromatic carbocycles. The Morgan fingerprint density at radius 1 is 1.55 bits per heavy atom. The Kier molecular flexibility index (Phi) is 2.28. The number of hydrogen-bond acceptors (Lipinski definition) is 3. The molecule has 0 spiro atoms. The van der Waals surface area contributed by atoms with Crippen molar-refractivity contribution in [2.45, 2.75) is 19.0 Å². The van der Waals surface area contributed by atoms with Crippen molar-refractivity contribution in [3.63, 3.8) is 0 Å². The molecule has 0 aromatic heterocycles. The summed E-state index contributed by atoms with van der Waals surface area (Å²) < 4.78 is 27.6. The van der Waals surface area contributed by atoms with Gasteiger partial charge in [-0.2, -0.15) is 0 Å². The number of epoxide rings is 1. The summed E-state index contributed by atoms with van der Waals surface area (Å²) in [5.41, 5.74) is 0. The predicted octanol–water partition coefficient (Wildman–Crippen LogP) is 0.179. The van der Waals surface area contributed by atoms with Gasteiger partial charge in [0.1, 0.15) is 6.10 Å². The molecule has 0 aliphatic carbocycles. The standard InChI is InChI=1S/C6H6F2O3/c7-6(8)4(10)1-3(9)5-2-11-5/h5-6H,1-2H2. The van der Waals surface area contributed by atoms with Crippen molar-refractivity contribution < 1.29 is 23.1 Å². The van der Waals surface area contributed by atoms with Gasteiger partial charge in [-0.1, -0.05) is 0 Å². The summed E-state index contributed by atoms with van der Waals surface area (Å²) in [6.07, 6.45) is -4.35. The largest absolute Gasteiger partial charge is 0.365 e. The maximum absolute atomic E-state index is 11.5. The van der Waals surface area contributed by atoms with Crippen LogP contribution in [-0.4, -0.2) is 30.7 Å². The molecule has 1 rings (SSSR count). The number of alkyl halides is 2. The van der Waals surface area contributed by atoms with Gasteiger partial charge in [0.2, 0.25) is 5.78 Å². The van der Waals surface area contributed by atoms with Crippen LogP contribution in [0.25, 0.3) is 0 Å². The third kappa shape index (κ3) is 2.34. The molecule has 1 aliphatic heterocycles. The monoisotopic (exact) mass is 164 g/mol. The Hall–Kier alpha value is -0.840. The van der Waals surface area contributed by atoms with E-state index in [1.54, 1.807) is 0 Å². The third-order valence-electron chi connectivity index (χ3n) is 1.28. The Labute approximate surface area is 61.3 Å². The molecule has 62 valence electrons. The molecule has 1 unspecified atom stereocenters. The summed E-state index contributed by atoms with van der Waals surface area (Å²) in [5.74, 6) is -1.87. The Morgan fingerprint density at radius 3 is 2.45 bits per heavy atom. The number of Topliss-reactive ketones (excluding diaryl/α,β-unsaturated/α-hetero) is 2. The highest BCUT2D eigenvalue weighted by molar-refractivity contribution is 6.03. The number of halogens is 2. The van der Waals surface area contributed by atoms with E-state index in [1.165, 1.54) is 0 Å². The zero-order valence-corrected chi connectivity index (χ0v) is 5.55. The second-order valence-electron chi connectivity index (χ2n) is 2.23. The highest BCUT2D eigenvalue weighted by Gasteiger charge is 2.33. The highest BCUT2D eigenvalue weighted by Crippen LogP contribution is 2.13. The smallest absolute Gasteiger partial charge is 0.296 e. The Balaban J connectivity index is 2.29. The fourth-order valence-electron chi connectivity index (χ4n) is 0.597. The number of carbonyl (C=O) groups excluding carboxylic acids is 2. The summed E-state index contributed by atoms with van der Waals surface area (Å²) in [5, 5.41) is 0. The molecule has 0 amide bonds. The summed E-state index contributed by atoms with van der Waals surface area (Å²) >= 11 is 0. The van der Waals surface area contributed by atoms with E-state index in [9.17, 15) is 18.4 Å². The summed E-state index contributed by atoms with van der Waals surface area (Å²) in [4.78, 5) is 20.9. The fourth-order valence-corrected chi connectivity index (χ4v) is 0.597. The van der Waals surface area contributed by atoms with Crippen LogP contribution in [0.15, 0.2) is 0 Å². The molecule has 0 N–H and O–H groups in total.